The first-order chi connectivity index (χ1) is 13.9. The van der Waals surface area contributed by atoms with Crippen LogP contribution in [0.4, 0.5) is 10.6 Å². The molecule has 2 amide bonds. The van der Waals surface area contributed by atoms with Gasteiger partial charge in [-0.15, -0.1) is 0 Å². The molecule has 2 heterocycles. The smallest absolute Gasteiger partial charge is 0.320 e. The number of carbonyl (C=O) groups is 1. The molecule has 1 fully saturated rings. The van der Waals surface area contributed by atoms with Crippen molar-refractivity contribution in [1.29, 1.82) is 0 Å². The molecule has 6 nitrogen and oxygen atoms in total. The molecule has 2 aliphatic rings. The van der Waals surface area contributed by atoms with E-state index in [9.17, 15) is 4.79 Å². The summed E-state index contributed by atoms with van der Waals surface area (Å²) in [5, 5.41) is 14.5. The number of nitrogens with one attached hydrogen (secondary N) is 3. The van der Waals surface area contributed by atoms with Crippen LogP contribution < -0.4 is 16.0 Å². The molecule has 1 saturated carbocycles. The summed E-state index contributed by atoms with van der Waals surface area (Å²) in [4.78, 5) is 12.7. The highest BCUT2D eigenvalue weighted by Gasteiger charge is 2.23. The summed E-state index contributed by atoms with van der Waals surface area (Å²) in [5.41, 5.74) is 4.54. The molecule has 0 spiro atoms. The number of urea groups is 1. The molecule has 2 aromatic rings. The van der Waals surface area contributed by atoms with Crippen molar-refractivity contribution in [2.24, 2.45) is 0 Å². The third-order valence-corrected chi connectivity index (χ3v) is 5.98. The quantitative estimate of drug-likeness (QED) is 0.727. The Morgan fingerprint density at radius 1 is 1.14 bits per heavy atom. The number of hydrogen-bond donors (Lipinski definition) is 3. The second kappa shape index (κ2) is 8.19. The number of nitrogens with zero attached hydrogens (tertiary/aromatic N) is 2. The highest BCUT2D eigenvalue weighted by atomic mass is 16.2. The monoisotopic (exact) mass is 395 g/mol. The average molecular weight is 396 g/mol. The lowest BCUT2D eigenvalue weighted by Gasteiger charge is -2.23. The minimum Gasteiger partial charge on any atom is -0.335 e. The first kappa shape index (κ1) is 20.0. The van der Waals surface area contributed by atoms with Crippen LogP contribution in [0, 0.1) is 0 Å². The van der Waals surface area contributed by atoms with Crippen molar-refractivity contribution in [3.8, 4) is 5.69 Å². The van der Waals surface area contributed by atoms with Crippen LogP contribution in [0.15, 0.2) is 24.3 Å². The minimum atomic E-state index is -0.141. The van der Waals surface area contributed by atoms with E-state index in [4.69, 9.17) is 5.10 Å². The molecule has 0 saturated heterocycles. The van der Waals surface area contributed by atoms with E-state index in [-0.39, 0.29) is 17.5 Å². The van der Waals surface area contributed by atoms with Crippen LogP contribution in [0.1, 0.15) is 69.7 Å². The van der Waals surface area contributed by atoms with Gasteiger partial charge in [-0.2, -0.15) is 5.10 Å². The highest BCUT2D eigenvalue weighted by molar-refractivity contribution is 5.89. The SMILES string of the molecule is CC(C)(C)c1cc(NC(=O)NC2CCCCC2)n(-c2ccc3c(c2)CNCC3)n1. The Hall–Kier alpha value is -2.34. The maximum atomic E-state index is 12.7. The zero-order valence-corrected chi connectivity index (χ0v) is 17.8. The van der Waals surface area contributed by atoms with Crippen LogP contribution in [0.25, 0.3) is 5.69 Å². The van der Waals surface area contributed by atoms with E-state index in [1.807, 2.05) is 10.7 Å². The molecule has 3 N–H and O–H groups in total. The molecule has 0 unspecified atom stereocenters. The zero-order valence-electron chi connectivity index (χ0n) is 17.8. The molecule has 0 radical (unpaired) electrons. The van der Waals surface area contributed by atoms with Crippen molar-refractivity contribution in [1.82, 2.24) is 20.4 Å². The topological polar surface area (TPSA) is 71.0 Å². The lowest BCUT2D eigenvalue weighted by Crippen LogP contribution is -2.39. The maximum absolute atomic E-state index is 12.7. The molecule has 6 heteroatoms. The number of anilines is 1. The highest BCUT2D eigenvalue weighted by Crippen LogP contribution is 2.28. The Labute approximate surface area is 173 Å². The first-order valence-corrected chi connectivity index (χ1v) is 10.9. The van der Waals surface area contributed by atoms with Crippen LogP contribution in [0.2, 0.25) is 0 Å². The Balaban J connectivity index is 1.60. The number of hydrogen-bond acceptors (Lipinski definition) is 3. The first-order valence-electron chi connectivity index (χ1n) is 10.9. The zero-order chi connectivity index (χ0) is 20.4. The fraction of sp³-hybridized carbons (Fsp3) is 0.565. The van der Waals surface area contributed by atoms with E-state index < -0.39 is 0 Å². The summed E-state index contributed by atoms with van der Waals surface area (Å²) in [5.74, 6) is 0.715. The molecule has 29 heavy (non-hydrogen) atoms. The van der Waals surface area contributed by atoms with Crippen LogP contribution >= 0.6 is 0 Å². The number of benzene rings is 1. The van der Waals surface area contributed by atoms with Gasteiger partial charge in [0.05, 0.1) is 11.4 Å². The van der Waals surface area contributed by atoms with Crippen LogP contribution in [0.5, 0.6) is 0 Å². The van der Waals surface area contributed by atoms with Gasteiger partial charge in [0, 0.05) is 24.1 Å². The number of rotatable bonds is 3. The summed E-state index contributed by atoms with van der Waals surface area (Å²) in [6, 6.07) is 8.61. The van der Waals surface area contributed by atoms with Gasteiger partial charge in [0.2, 0.25) is 0 Å². The predicted molar refractivity (Wildman–Crippen MR) is 117 cm³/mol. The third-order valence-electron chi connectivity index (χ3n) is 5.98. The van der Waals surface area contributed by atoms with Gasteiger partial charge in [-0.3, -0.25) is 5.32 Å². The Morgan fingerprint density at radius 3 is 2.69 bits per heavy atom. The fourth-order valence-corrected chi connectivity index (χ4v) is 4.22. The summed E-state index contributed by atoms with van der Waals surface area (Å²) < 4.78 is 1.87. The molecule has 156 valence electrons. The van der Waals surface area contributed by atoms with Crippen LogP contribution in [-0.4, -0.2) is 28.4 Å². The lowest BCUT2D eigenvalue weighted by molar-refractivity contribution is 0.244. The second-order valence-electron chi connectivity index (χ2n) is 9.39. The molecule has 1 aliphatic carbocycles. The van der Waals surface area contributed by atoms with Crippen molar-refractivity contribution in [2.45, 2.75) is 77.3 Å². The molecule has 4 rings (SSSR count). The van der Waals surface area contributed by atoms with Gasteiger partial charge in [0.25, 0.3) is 0 Å². The predicted octanol–water partition coefficient (Wildman–Crippen LogP) is 4.27. The number of fused-ring (bicyclic) bond motifs is 1. The van der Waals surface area contributed by atoms with E-state index in [1.165, 1.54) is 30.4 Å². The van der Waals surface area contributed by atoms with Gasteiger partial charge in [0.15, 0.2) is 0 Å². The van der Waals surface area contributed by atoms with Crippen molar-refractivity contribution >= 4 is 11.8 Å². The van der Waals surface area contributed by atoms with E-state index >= 15 is 0 Å². The minimum absolute atomic E-state index is 0.0999. The summed E-state index contributed by atoms with van der Waals surface area (Å²) >= 11 is 0. The number of aromatic nitrogens is 2. The summed E-state index contributed by atoms with van der Waals surface area (Å²) in [7, 11) is 0. The Bertz CT molecular complexity index is 874. The van der Waals surface area contributed by atoms with Gasteiger partial charge in [0.1, 0.15) is 5.82 Å². The Kier molecular flexibility index (Phi) is 5.63. The molecular weight excluding hydrogens is 362 g/mol. The fourth-order valence-electron chi connectivity index (χ4n) is 4.22. The van der Waals surface area contributed by atoms with Gasteiger partial charge < -0.3 is 10.6 Å². The van der Waals surface area contributed by atoms with Gasteiger partial charge >= 0.3 is 6.03 Å². The third kappa shape index (κ3) is 4.64. The Morgan fingerprint density at radius 2 is 1.93 bits per heavy atom. The molecular formula is C23H33N5O. The number of carbonyl (C=O) groups excluding carboxylic acids is 1. The summed E-state index contributed by atoms with van der Waals surface area (Å²) in [6.45, 7) is 8.32. The van der Waals surface area contributed by atoms with E-state index in [2.05, 4.69) is 54.9 Å². The van der Waals surface area contributed by atoms with Crippen molar-refractivity contribution in [2.75, 3.05) is 11.9 Å². The molecule has 0 atom stereocenters. The van der Waals surface area contributed by atoms with Gasteiger partial charge in [-0.1, -0.05) is 46.1 Å². The maximum Gasteiger partial charge on any atom is 0.320 e. The van der Waals surface area contributed by atoms with Crippen molar-refractivity contribution < 1.29 is 4.79 Å². The lowest BCUT2D eigenvalue weighted by atomic mass is 9.92. The van der Waals surface area contributed by atoms with E-state index in [0.29, 0.717) is 5.82 Å². The average Bonchev–Trinajstić information content (AvgIpc) is 3.12. The van der Waals surface area contributed by atoms with Crippen molar-refractivity contribution in [3.05, 3.63) is 41.1 Å². The second-order valence-corrected chi connectivity index (χ2v) is 9.39. The molecule has 1 aromatic heterocycles. The van der Waals surface area contributed by atoms with Crippen molar-refractivity contribution in [3.63, 3.8) is 0 Å². The molecule has 0 bridgehead atoms. The normalized spacial score (nSPS) is 17.6. The largest absolute Gasteiger partial charge is 0.335 e. The summed E-state index contributed by atoms with van der Waals surface area (Å²) in [6.07, 6.45) is 6.85. The van der Waals surface area contributed by atoms with Gasteiger partial charge in [-0.05, 0) is 49.1 Å². The van der Waals surface area contributed by atoms with E-state index in [1.54, 1.807) is 0 Å². The van der Waals surface area contributed by atoms with E-state index in [0.717, 1.165) is 43.7 Å². The van der Waals surface area contributed by atoms with Crippen LogP contribution in [0.3, 0.4) is 0 Å². The van der Waals surface area contributed by atoms with Crippen LogP contribution in [-0.2, 0) is 18.4 Å². The molecule has 1 aromatic carbocycles. The standard InChI is InChI=1S/C23H33N5O/c1-23(2,3)20-14-21(26-22(29)25-18-7-5-4-6-8-18)28(27-20)19-10-9-16-11-12-24-15-17(16)13-19/h9-10,13-14,18,24H,4-8,11-12,15H2,1-3H3,(H2,25,26,29). The molecule has 1 aliphatic heterocycles. The van der Waals surface area contributed by atoms with Gasteiger partial charge in [-0.25, -0.2) is 9.48 Å². The number of amides is 2.